The monoisotopic (exact) mass is 474 g/mol. The number of aromatic nitrogens is 5. The molecule has 3 aromatic heterocycles. The lowest BCUT2D eigenvalue weighted by Crippen LogP contribution is -2.19. The standard InChI is InChI=1S/C24H22N6O3S/c1-4-11-30-22(20-12-15-7-5-6-8-19(15)33-20)26-27-23(30)34-14-21(31)25-16-9-10-17-18(13-16)29(3)24(32)28(17)2/h4-10,12-13H,1,11,14H2,2-3H3,(H,25,31). The summed E-state index contributed by atoms with van der Waals surface area (Å²) in [6.45, 7) is 4.30. The third kappa shape index (κ3) is 3.81. The number of furan rings is 1. The highest BCUT2D eigenvalue weighted by atomic mass is 32.2. The lowest BCUT2D eigenvalue weighted by Gasteiger charge is -2.07. The molecular weight excluding hydrogens is 452 g/mol. The second-order valence-electron chi connectivity index (χ2n) is 7.79. The molecule has 0 spiro atoms. The molecule has 0 atom stereocenters. The number of anilines is 1. The molecule has 1 amide bonds. The minimum absolute atomic E-state index is 0.115. The number of nitrogens with one attached hydrogen (secondary N) is 1. The zero-order valence-electron chi connectivity index (χ0n) is 18.7. The number of rotatable bonds is 7. The molecule has 0 saturated heterocycles. The van der Waals surface area contributed by atoms with Gasteiger partial charge in [0.15, 0.2) is 10.9 Å². The van der Waals surface area contributed by atoms with Crippen LogP contribution in [-0.2, 0) is 25.4 Å². The fourth-order valence-electron chi connectivity index (χ4n) is 3.88. The van der Waals surface area contributed by atoms with Crippen LogP contribution in [0.3, 0.4) is 0 Å². The fraction of sp³-hybridized carbons (Fsp3) is 0.167. The summed E-state index contributed by atoms with van der Waals surface area (Å²) in [7, 11) is 3.43. The Morgan fingerprint density at radius 2 is 1.91 bits per heavy atom. The van der Waals surface area contributed by atoms with Crippen LogP contribution < -0.4 is 11.0 Å². The Bertz CT molecular complexity index is 1570. The van der Waals surface area contributed by atoms with Gasteiger partial charge in [-0.3, -0.25) is 18.5 Å². The summed E-state index contributed by atoms with van der Waals surface area (Å²) in [4.78, 5) is 24.8. The molecule has 0 unspecified atom stereocenters. The van der Waals surface area contributed by atoms with Crippen molar-refractivity contribution in [1.29, 1.82) is 0 Å². The van der Waals surface area contributed by atoms with E-state index >= 15 is 0 Å². The minimum atomic E-state index is -0.191. The molecule has 3 heterocycles. The van der Waals surface area contributed by atoms with Crippen molar-refractivity contribution in [3.05, 3.63) is 71.7 Å². The number of hydrogen-bond donors (Lipinski definition) is 1. The number of allylic oxidation sites excluding steroid dienone is 1. The SMILES string of the molecule is C=CCn1c(SCC(=O)Nc2ccc3c(c2)n(C)c(=O)n3C)nnc1-c1cc2ccccc2o1. The first-order valence-corrected chi connectivity index (χ1v) is 11.6. The van der Waals surface area contributed by atoms with Gasteiger partial charge in [-0.25, -0.2) is 4.79 Å². The van der Waals surface area contributed by atoms with Gasteiger partial charge in [0.05, 0.1) is 16.8 Å². The number of carbonyl (C=O) groups excluding carboxylic acids is 1. The number of para-hydroxylation sites is 1. The van der Waals surface area contributed by atoms with E-state index in [0.29, 0.717) is 29.0 Å². The highest BCUT2D eigenvalue weighted by molar-refractivity contribution is 7.99. The van der Waals surface area contributed by atoms with Crippen molar-refractivity contribution in [3.8, 4) is 11.6 Å². The summed E-state index contributed by atoms with van der Waals surface area (Å²) in [6.07, 6.45) is 1.75. The lowest BCUT2D eigenvalue weighted by molar-refractivity contribution is -0.113. The number of amides is 1. The minimum Gasteiger partial charge on any atom is -0.453 e. The van der Waals surface area contributed by atoms with Crippen LogP contribution in [-0.4, -0.2) is 35.6 Å². The largest absolute Gasteiger partial charge is 0.453 e. The fourth-order valence-corrected chi connectivity index (χ4v) is 4.62. The summed E-state index contributed by atoms with van der Waals surface area (Å²) in [5, 5.41) is 13.0. The Morgan fingerprint density at radius 3 is 2.71 bits per heavy atom. The number of aryl methyl sites for hydroxylation is 2. The molecule has 0 fully saturated rings. The number of benzene rings is 2. The summed E-state index contributed by atoms with van der Waals surface area (Å²) < 4.78 is 10.9. The highest BCUT2D eigenvalue weighted by Gasteiger charge is 2.18. The zero-order chi connectivity index (χ0) is 23.8. The van der Waals surface area contributed by atoms with Crippen LogP contribution in [0.4, 0.5) is 5.69 Å². The Hall–Kier alpha value is -4.05. The molecule has 5 aromatic rings. The van der Waals surface area contributed by atoms with Crippen LogP contribution in [0, 0.1) is 0 Å². The van der Waals surface area contributed by atoms with E-state index in [9.17, 15) is 9.59 Å². The molecule has 0 aliphatic carbocycles. The molecule has 0 saturated carbocycles. The summed E-state index contributed by atoms with van der Waals surface area (Å²) in [5.74, 6) is 1.13. The topological polar surface area (TPSA) is 99.9 Å². The zero-order valence-corrected chi connectivity index (χ0v) is 19.5. The smallest absolute Gasteiger partial charge is 0.328 e. The van der Waals surface area contributed by atoms with Crippen LogP contribution in [0.15, 0.2) is 75.6 Å². The van der Waals surface area contributed by atoms with Crippen LogP contribution in [0.2, 0.25) is 0 Å². The molecule has 0 aliphatic rings. The number of fused-ring (bicyclic) bond motifs is 2. The maximum atomic E-state index is 12.6. The second kappa shape index (κ2) is 8.71. The van der Waals surface area contributed by atoms with Gasteiger partial charge >= 0.3 is 5.69 Å². The maximum Gasteiger partial charge on any atom is 0.328 e. The van der Waals surface area contributed by atoms with Gasteiger partial charge in [0, 0.05) is 31.7 Å². The molecule has 0 aliphatic heterocycles. The third-order valence-corrected chi connectivity index (χ3v) is 6.53. The molecule has 172 valence electrons. The third-order valence-electron chi connectivity index (χ3n) is 5.56. The molecule has 0 bridgehead atoms. The summed E-state index contributed by atoms with van der Waals surface area (Å²) >= 11 is 1.28. The molecular formula is C24H22N6O3S. The van der Waals surface area contributed by atoms with Crippen molar-refractivity contribution < 1.29 is 9.21 Å². The van der Waals surface area contributed by atoms with Crippen LogP contribution >= 0.6 is 11.8 Å². The van der Waals surface area contributed by atoms with Crippen molar-refractivity contribution in [2.24, 2.45) is 14.1 Å². The van der Waals surface area contributed by atoms with Crippen molar-refractivity contribution >= 4 is 45.4 Å². The maximum absolute atomic E-state index is 12.6. The molecule has 0 radical (unpaired) electrons. The molecule has 5 rings (SSSR count). The van der Waals surface area contributed by atoms with Crippen LogP contribution in [0.5, 0.6) is 0 Å². The first-order chi connectivity index (χ1) is 16.5. The van der Waals surface area contributed by atoms with Crippen molar-refractivity contribution in [1.82, 2.24) is 23.9 Å². The number of hydrogen-bond acceptors (Lipinski definition) is 6. The van der Waals surface area contributed by atoms with Gasteiger partial charge in [0.25, 0.3) is 0 Å². The first kappa shape index (κ1) is 21.8. The van der Waals surface area contributed by atoms with E-state index in [-0.39, 0.29) is 17.3 Å². The number of nitrogens with zero attached hydrogens (tertiary/aromatic N) is 5. The van der Waals surface area contributed by atoms with Gasteiger partial charge in [-0.1, -0.05) is 36.0 Å². The Labute approximate surface area is 198 Å². The molecule has 1 N–H and O–H groups in total. The Morgan fingerprint density at radius 1 is 1.12 bits per heavy atom. The van der Waals surface area contributed by atoms with Crippen molar-refractivity contribution in [2.75, 3.05) is 11.1 Å². The molecule has 10 heteroatoms. The first-order valence-electron chi connectivity index (χ1n) is 10.6. The Balaban J connectivity index is 1.33. The lowest BCUT2D eigenvalue weighted by atomic mass is 10.2. The van der Waals surface area contributed by atoms with E-state index in [1.807, 2.05) is 41.0 Å². The van der Waals surface area contributed by atoms with Gasteiger partial charge in [-0.2, -0.15) is 0 Å². The van der Waals surface area contributed by atoms with E-state index in [4.69, 9.17) is 4.42 Å². The van der Waals surface area contributed by atoms with E-state index in [1.165, 1.54) is 11.8 Å². The van der Waals surface area contributed by atoms with E-state index in [2.05, 4.69) is 22.1 Å². The average Bonchev–Trinajstić information content (AvgIpc) is 3.50. The van der Waals surface area contributed by atoms with Gasteiger partial charge in [0.2, 0.25) is 11.7 Å². The van der Waals surface area contributed by atoms with Gasteiger partial charge < -0.3 is 9.73 Å². The second-order valence-corrected chi connectivity index (χ2v) is 8.74. The molecule has 9 nitrogen and oxygen atoms in total. The van der Waals surface area contributed by atoms with Crippen LogP contribution in [0.1, 0.15) is 0 Å². The highest BCUT2D eigenvalue weighted by Crippen LogP contribution is 2.29. The predicted octanol–water partition coefficient (Wildman–Crippen LogP) is 3.80. The van der Waals surface area contributed by atoms with Crippen LogP contribution in [0.25, 0.3) is 33.6 Å². The molecule has 2 aromatic carbocycles. The number of carbonyl (C=O) groups is 1. The average molecular weight is 475 g/mol. The Kier molecular flexibility index (Phi) is 5.58. The predicted molar refractivity (Wildman–Crippen MR) is 133 cm³/mol. The van der Waals surface area contributed by atoms with E-state index < -0.39 is 0 Å². The van der Waals surface area contributed by atoms with E-state index in [1.54, 1.807) is 41.4 Å². The summed E-state index contributed by atoms with van der Waals surface area (Å²) in [5.41, 5.74) is 2.83. The number of thioether (sulfide) groups is 1. The molecule has 34 heavy (non-hydrogen) atoms. The van der Waals surface area contributed by atoms with Gasteiger partial charge in [-0.05, 0) is 30.3 Å². The number of imidazole rings is 1. The summed E-state index contributed by atoms with van der Waals surface area (Å²) in [6, 6.07) is 15.1. The van der Waals surface area contributed by atoms with Gasteiger partial charge in [-0.15, -0.1) is 16.8 Å². The van der Waals surface area contributed by atoms with Gasteiger partial charge in [0.1, 0.15) is 5.58 Å². The van der Waals surface area contributed by atoms with Crippen molar-refractivity contribution in [3.63, 3.8) is 0 Å². The quantitative estimate of drug-likeness (QED) is 0.285. The normalized spacial score (nSPS) is 11.4. The van der Waals surface area contributed by atoms with Crippen molar-refractivity contribution in [2.45, 2.75) is 11.7 Å². The van der Waals surface area contributed by atoms with E-state index in [0.717, 1.165) is 22.0 Å².